The summed E-state index contributed by atoms with van der Waals surface area (Å²) >= 11 is 5.74. The molecule has 0 radical (unpaired) electrons. The topological polar surface area (TPSA) is 75.9 Å². The molecule has 0 saturated carbocycles. The van der Waals surface area contributed by atoms with Crippen molar-refractivity contribution in [1.82, 2.24) is 9.97 Å². The van der Waals surface area contributed by atoms with Crippen LogP contribution in [0.2, 0.25) is 5.02 Å². The number of aromatic nitrogens is 2. The Morgan fingerprint density at radius 2 is 1.95 bits per heavy atom. The highest BCUT2D eigenvalue weighted by molar-refractivity contribution is 6.30. The van der Waals surface area contributed by atoms with Crippen LogP contribution < -0.4 is 16.6 Å². The molecule has 0 aliphatic rings. The van der Waals surface area contributed by atoms with Gasteiger partial charge in [0.1, 0.15) is 23.3 Å². The van der Waals surface area contributed by atoms with Gasteiger partial charge in [0.2, 0.25) is 0 Å². The number of hydrazine groups is 1. The van der Waals surface area contributed by atoms with E-state index in [1.54, 1.807) is 19.1 Å². The zero-order valence-corrected chi connectivity index (χ0v) is 11.9. The van der Waals surface area contributed by atoms with E-state index in [1.165, 1.54) is 6.07 Å². The van der Waals surface area contributed by atoms with E-state index in [2.05, 4.69) is 20.7 Å². The van der Waals surface area contributed by atoms with E-state index in [1.807, 2.05) is 6.92 Å². The van der Waals surface area contributed by atoms with Gasteiger partial charge >= 0.3 is 0 Å². The molecule has 1 heterocycles. The average Bonchev–Trinajstić information content (AvgIpc) is 2.43. The van der Waals surface area contributed by atoms with E-state index in [9.17, 15) is 4.39 Å². The fraction of sp³-hybridized carbons (Fsp3) is 0.231. The quantitative estimate of drug-likeness (QED) is 0.597. The summed E-state index contributed by atoms with van der Waals surface area (Å²) in [4.78, 5) is 8.49. The molecule has 0 amide bonds. The van der Waals surface area contributed by atoms with E-state index in [0.717, 1.165) is 11.1 Å². The van der Waals surface area contributed by atoms with Crippen LogP contribution in [0.25, 0.3) is 0 Å². The Labute approximate surface area is 121 Å². The Bertz CT molecular complexity index is 632. The van der Waals surface area contributed by atoms with Gasteiger partial charge in [0, 0.05) is 12.1 Å². The van der Waals surface area contributed by atoms with Crippen molar-refractivity contribution in [3.8, 4) is 0 Å². The smallest absolute Gasteiger partial charge is 0.148 e. The van der Waals surface area contributed by atoms with Crippen LogP contribution in [-0.4, -0.2) is 9.97 Å². The Balaban J connectivity index is 2.18. The summed E-state index contributed by atoms with van der Waals surface area (Å²) in [5.74, 6) is 6.81. The van der Waals surface area contributed by atoms with Gasteiger partial charge in [-0.25, -0.2) is 20.2 Å². The van der Waals surface area contributed by atoms with Crippen LogP contribution in [0.4, 0.5) is 16.0 Å². The van der Waals surface area contributed by atoms with Gasteiger partial charge in [-0.2, -0.15) is 0 Å². The Hall–Kier alpha value is -1.92. The number of aryl methyl sites for hydroxylation is 1. The van der Waals surface area contributed by atoms with E-state index in [0.29, 0.717) is 24.0 Å². The van der Waals surface area contributed by atoms with E-state index in [-0.39, 0.29) is 5.02 Å². The van der Waals surface area contributed by atoms with Crippen LogP contribution in [0.15, 0.2) is 18.2 Å². The zero-order chi connectivity index (χ0) is 14.7. The third-order valence-electron chi connectivity index (χ3n) is 2.84. The molecule has 0 spiro atoms. The molecule has 0 saturated heterocycles. The summed E-state index contributed by atoms with van der Waals surface area (Å²) < 4.78 is 13.1. The number of hydrogen-bond acceptors (Lipinski definition) is 5. The number of nitrogens with zero attached hydrogens (tertiary/aromatic N) is 2. The molecule has 0 bridgehead atoms. The molecule has 1 aromatic carbocycles. The number of nitrogens with two attached hydrogens (primary N) is 1. The number of benzene rings is 1. The van der Waals surface area contributed by atoms with Crippen molar-refractivity contribution in [2.45, 2.75) is 20.4 Å². The van der Waals surface area contributed by atoms with Crippen LogP contribution in [-0.2, 0) is 6.54 Å². The molecule has 2 aromatic rings. The summed E-state index contributed by atoms with van der Waals surface area (Å²) in [6.07, 6.45) is 0. The fourth-order valence-electron chi connectivity index (χ4n) is 1.78. The van der Waals surface area contributed by atoms with Gasteiger partial charge in [0.25, 0.3) is 0 Å². The fourth-order valence-corrected chi connectivity index (χ4v) is 1.98. The third-order valence-corrected chi connectivity index (χ3v) is 3.13. The first-order valence-corrected chi connectivity index (χ1v) is 6.38. The first-order chi connectivity index (χ1) is 9.51. The lowest BCUT2D eigenvalue weighted by Gasteiger charge is -2.12. The largest absolute Gasteiger partial charge is 0.366 e. The predicted molar refractivity (Wildman–Crippen MR) is 78.1 cm³/mol. The standard InChI is InChI=1S/C13H15ClFN5/c1-7-12(18-8(2)19-13(7)20-16)17-6-9-3-4-11(15)10(14)5-9/h3-5H,6,16H2,1-2H3,(H2,17,18,19,20). The minimum atomic E-state index is -0.431. The molecule has 0 aliphatic carbocycles. The lowest BCUT2D eigenvalue weighted by Crippen LogP contribution is -2.14. The normalized spacial score (nSPS) is 10.4. The number of anilines is 2. The minimum absolute atomic E-state index is 0.101. The van der Waals surface area contributed by atoms with Crippen LogP contribution >= 0.6 is 11.6 Å². The molecule has 0 atom stereocenters. The van der Waals surface area contributed by atoms with Crippen molar-refractivity contribution >= 4 is 23.2 Å². The van der Waals surface area contributed by atoms with Crippen molar-refractivity contribution in [1.29, 1.82) is 0 Å². The highest BCUT2D eigenvalue weighted by atomic mass is 35.5. The van der Waals surface area contributed by atoms with Crippen molar-refractivity contribution in [2.75, 3.05) is 10.7 Å². The monoisotopic (exact) mass is 295 g/mol. The second-order valence-electron chi connectivity index (χ2n) is 4.34. The number of halogens is 2. The number of rotatable bonds is 4. The molecular weight excluding hydrogens is 281 g/mol. The molecule has 0 aliphatic heterocycles. The highest BCUT2D eigenvalue weighted by Gasteiger charge is 2.08. The van der Waals surface area contributed by atoms with E-state index >= 15 is 0 Å². The first-order valence-electron chi connectivity index (χ1n) is 6.01. The Kier molecular flexibility index (Phi) is 4.36. The average molecular weight is 296 g/mol. The number of hydrogen-bond donors (Lipinski definition) is 3. The molecule has 1 aromatic heterocycles. The molecular formula is C13H15ClFN5. The van der Waals surface area contributed by atoms with Crippen molar-refractivity contribution in [2.24, 2.45) is 5.84 Å². The molecule has 5 nitrogen and oxygen atoms in total. The van der Waals surface area contributed by atoms with Crippen LogP contribution in [0.1, 0.15) is 17.0 Å². The maximum absolute atomic E-state index is 13.1. The van der Waals surface area contributed by atoms with Gasteiger partial charge in [0.05, 0.1) is 5.02 Å². The van der Waals surface area contributed by atoms with Crippen molar-refractivity contribution in [3.63, 3.8) is 0 Å². The van der Waals surface area contributed by atoms with Gasteiger partial charge in [-0.15, -0.1) is 0 Å². The molecule has 20 heavy (non-hydrogen) atoms. The van der Waals surface area contributed by atoms with Gasteiger partial charge in [0.15, 0.2) is 0 Å². The summed E-state index contributed by atoms with van der Waals surface area (Å²) in [6, 6.07) is 4.58. The van der Waals surface area contributed by atoms with Gasteiger partial charge in [-0.1, -0.05) is 17.7 Å². The van der Waals surface area contributed by atoms with E-state index < -0.39 is 5.82 Å². The first kappa shape index (κ1) is 14.5. The van der Waals surface area contributed by atoms with Crippen LogP contribution in [0.3, 0.4) is 0 Å². The van der Waals surface area contributed by atoms with Crippen molar-refractivity contribution < 1.29 is 4.39 Å². The Morgan fingerprint density at radius 1 is 1.25 bits per heavy atom. The van der Waals surface area contributed by atoms with Gasteiger partial charge < -0.3 is 10.7 Å². The van der Waals surface area contributed by atoms with Gasteiger partial charge in [-0.3, -0.25) is 0 Å². The molecule has 2 rings (SSSR count). The molecule has 0 fully saturated rings. The zero-order valence-electron chi connectivity index (χ0n) is 11.2. The minimum Gasteiger partial charge on any atom is -0.366 e. The van der Waals surface area contributed by atoms with Crippen molar-refractivity contribution in [3.05, 3.63) is 46.0 Å². The third kappa shape index (κ3) is 3.15. The Morgan fingerprint density at radius 3 is 2.60 bits per heavy atom. The number of nitrogens with one attached hydrogen (secondary N) is 2. The summed E-state index contributed by atoms with van der Waals surface area (Å²) in [5.41, 5.74) is 4.20. The second kappa shape index (κ2) is 6.02. The van der Waals surface area contributed by atoms with Crippen LogP contribution in [0.5, 0.6) is 0 Å². The predicted octanol–water partition coefficient (Wildman–Crippen LogP) is 2.78. The maximum Gasteiger partial charge on any atom is 0.148 e. The molecule has 106 valence electrons. The number of nitrogen functional groups attached to an aromatic ring is 1. The molecule has 7 heteroatoms. The summed E-state index contributed by atoms with van der Waals surface area (Å²) in [6.45, 7) is 4.11. The van der Waals surface area contributed by atoms with Gasteiger partial charge in [-0.05, 0) is 31.5 Å². The second-order valence-corrected chi connectivity index (χ2v) is 4.75. The highest BCUT2D eigenvalue weighted by Crippen LogP contribution is 2.21. The summed E-state index contributed by atoms with van der Waals surface area (Å²) in [5, 5.41) is 3.26. The SMILES string of the molecule is Cc1nc(NN)c(C)c(NCc2ccc(F)c(Cl)c2)n1. The lowest BCUT2D eigenvalue weighted by atomic mass is 10.2. The molecule has 4 N–H and O–H groups in total. The lowest BCUT2D eigenvalue weighted by molar-refractivity contribution is 0.627. The van der Waals surface area contributed by atoms with E-state index in [4.69, 9.17) is 17.4 Å². The summed E-state index contributed by atoms with van der Waals surface area (Å²) in [7, 11) is 0. The molecule has 0 unspecified atom stereocenters. The maximum atomic E-state index is 13.1. The van der Waals surface area contributed by atoms with Crippen LogP contribution in [0, 0.1) is 19.7 Å².